The fourth-order valence-electron chi connectivity index (χ4n) is 2.93. The monoisotopic (exact) mass is 353 g/mol. The quantitative estimate of drug-likeness (QED) is 0.735. The Kier molecular flexibility index (Phi) is 6.20. The SMILES string of the molecule is CCOC(=O)CC(c1cccc(Cl)c1)N1C(=O)CCC1C(=O)OC. The molecular formula is C17H20ClNO5. The van der Waals surface area contributed by atoms with Crippen molar-refractivity contribution in [2.75, 3.05) is 13.7 Å². The van der Waals surface area contributed by atoms with E-state index >= 15 is 0 Å². The number of rotatable bonds is 6. The average molecular weight is 354 g/mol. The van der Waals surface area contributed by atoms with E-state index in [4.69, 9.17) is 21.1 Å². The lowest BCUT2D eigenvalue weighted by Gasteiger charge is -2.32. The van der Waals surface area contributed by atoms with Crippen LogP contribution in [0.5, 0.6) is 0 Å². The Balaban J connectivity index is 2.38. The maximum Gasteiger partial charge on any atom is 0.328 e. The Morgan fingerprint density at radius 3 is 2.79 bits per heavy atom. The molecule has 1 fully saturated rings. The van der Waals surface area contributed by atoms with Crippen LogP contribution in [0.1, 0.15) is 37.8 Å². The largest absolute Gasteiger partial charge is 0.467 e. The van der Waals surface area contributed by atoms with Gasteiger partial charge >= 0.3 is 11.9 Å². The zero-order chi connectivity index (χ0) is 17.7. The molecule has 0 aromatic heterocycles. The number of carbonyl (C=O) groups is 3. The van der Waals surface area contributed by atoms with Crippen LogP contribution in [0, 0.1) is 0 Å². The lowest BCUT2D eigenvalue weighted by Crippen LogP contribution is -2.42. The zero-order valence-corrected chi connectivity index (χ0v) is 14.4. The van der Waals surface area contributed by atoms with Crippen molar-refractivity contribution in [3.63, 3.8) is 0 Å². The molecule has 0 saturated carbocycles. The van der Waals surface area contributed by atoms with Crippen molar-refractivity contribution in [3.05, 3.63) is 34.9 Å². The van der Waals surface area contributed by atoms with Crippen molar-refractivity contribution in [3.8, 4) is 0 Å². The van der Waals surface area contributed by atoms with E-state index in [2.05, 4.69) is 0 Å². The second-order valence-electron chi connectivity index (χ2n) is 5.46. The third kappa shape index (κ3) is 4.06. The second-order valence-corrected chi connectivity index (χ2v) is 5.90. The molecule has 2 atom stereocenters. The van der Waals surface area contributed by atoms with Crippen LogP contribution in [0.25, 0.3) is 0 Å². The summed E-state index contributed by atoms with van der Waals surface area (Å²) < 4.78 is 9.81. The highest BCUT2D eigenvalue weighted by Gasteiger charge is 2.42. The van der Waals surface area contributed by atoms with E-state index < -0.39 is 24.0 Å². The van der Waals surface area contributed by atoms with Crippen LogP contribution in [0.3, 0.4) is 0 Å². The number of hydrogen-bond acceptors (Lipinski definition) is 5. The molecule has 1 saturated heterocycles. The van der Waals surface area contributed by atoms with Crippen molar-refractivity contribution in [1.82, 2.24) is 4.90 Å². The highest BCUT2D eigenvalue weighted by atomic mass is 35.5. The second kappa shape index (κ2) is 8.15. The average Bonchev–Trinajstić information content (AvgIpc) is 2.93. The first-order valence-electron chi connectivity index (χ1n) is 7.78. The molecule has 0 N–H and O–H groups in total. The minimum atomic E-state index is -0.707. The number of halogens is 1. The van der Waals surface area contributed by atoms with Gasteiger partial charge in [0.1, 0.15) is 6.04 Å². The van der Waals surface area contributed by atoms with Gasteiger partial charge < -0.3 is 14.4 Å². The van der Waals surface area contributed by atoms with Gasteiger partial charge in [0, 0.05) is 11.4 Å². The Bertz CT molecular complexity index is 633. The molecule has 2 rings (SSSR count). The lowest BCUT2D eigenvalue weighted by molar-refractivity contribution is -0.153. The van der Waals surface area contributed by atoms with Gasteiger partial charge in [-0.25, -0.2) is 4.79 Å². The number of hydrogen-bond donors (Lipinski definition) is 0. The van der Waals surface area contributed by atoms with Crippen LogP contribution in [0.2, 0.25) is 5.02 Å². The van der Waals surface area contributed by atoms with Gasteiger partial charge in [-0.3, -0.25) is 9.59 Å². The standard InChI is InChI=1S/C17H20ClNO5/c1-3-24-16(21)10-14(11-5-4-6-12(18)9-11)19-13(17(22)23-2)7-8-15(19)20/h4-6,9,13-14H,3,7-8,10H2,1-2H3. The molecule has 1 aliphatic rings. The summed E-state index contributed by atoms with van der Waals surface area (Å²) in [6.07, 6.45) is 0.554. The van der Waals surface area contributed by atoms with Gasteiger partial charge in [-0.2, -0.15) is 0 Å². The molecule has 130 valence electrons. The number of esters is 2. The summed E-state index contributed by atoms with van der Waals surface area (Å²) in [7, 11) is 1.28. The summed E-state index contributed by atoms with van der Waals surface area (Å²) in [6.45, 7) is 1.96. The van der Waals surface area contributed by atoms with Crippen molar-refractivity contribution in [2.45, 2.75) is 38.3 Å². The Hall–Kier alpha value is -2.08. The minimum absolute atomic E-state index is 0.0482. The summed E-state index contributed by atoms with van der Waals surface area (Å²) in [5.74, 6) is -1.12. The topological polar surface area (TPSA) is 72.9 Å². The maximum absolute atomic E-state index is 12.4. The predicted octanol–water partition coefficient (Wildman–Crippen LogP) is 2.50. The normalized spacial score (nSPS) is 18.4. The van der Waals surface area contributed by atoms with E-state index in [9.17, 15) is 14.4 Å². The minimum Gasteiger partial charge on any atom is -0.467 e. The molecule has 0 radical (unpaired) electrons. The Morgan fingerprint density at radius 1 is 1.42 bits per heavy atom. The number of methoxy groups -OCH3 is 1. The maximum atomic E-state index is 12.4. The van der Waals surface area contributed by atoms with E-state index in [1.807, 2.05) is 0 Å². The molecule has 2 unspecified atom stereocenters. The summed E-state index contributed by atoms with van der Waals surface area (Å²) in [6, 6.07) is 5.57. The van der Waals surface area contributed by atoms with Crippen LogP contribution >= 0.6 is 11.6 Å². The number of benzene rings is 1. The van der Waals surface area contributed by atoms with Crippen LogP contribution < -0.4 is 0 Å². The van der Waals surface area contributed by atoms with E-state index in [-0.39, 0.29) is 25.4 Å². The zero-order valence-electron chi connectivity index (χ0n) is 13.7. The molecule has 1 aromatic rings. The lowest BCUT2D eigenvalue weighted by atomic mass is 10.0. The van der Waals surface area contributed by atoms with Gasteiger partial charge in [0.2, 0.25) is 5.91 Å². The highest BCUT2D eigenvalue weighted by molar-refractivity contribution is 6.30. The first kappa shape index (κ1) is 18.3. The molecule has 1 amide bonds. The first-order chi connectivity index (χ1) is 11.5. The number of ether oxygens (including phenoxy) is 2. The first-order valence-corrected chi connectivity index (χ1v) is 8.15. The number of carbonyl (C=O) groups excluding carboxylic acids is 3. The highest BCUT2D eigenvalue weighted by Crippen LogP contribution is 2.34. The van der Waals surface area contributed by atoms with Crippen LogP contribution in [0.15, 0.2) is 24.3 Å². The third-order valence-electron chi connectivity index (χ3n) is 3.96. The smallest absolute Gasteiger partial charge is 0.328 e. The molecule has 1 heterocycles. The number of likely N-dealkylation sites (tertiary alicyclic amines) is 1. The van der Waals surface area contributed by atoms with Crippen LogP contribution in [-0.2, 0) is 23.9 Å². The van der Waals surface area contributed by atoms with Gasteiger partial charge in [0.25, 0.3) is 0 Å². The Labute approximate surface area is 145 Å². The number of amides is 1. The van der Waals surface area contributed by atoms with Gasteiger partial charge in [-0.1, -0.05) is 23.7 Å². The van der Waals surface area contributed by atoms with E-state index in [1.54, 1.807) is 31.2 Å². The molecule has 0 spiro atoms. The summed E-state index contributed by atoms with van der Waals surface area (Å²) >= 11 is 6.04. The van der Waals surface area contributed by atoms with E-state index in [1.165, 1.54) is 12.0 Å². The number of nitrogens with zero attached hydrogens (tertiary/aromatic N) is 1. The van der Waals surface area contributed by atoms with Crippen molar-refractivity contribution >= 4 is 29.4 Å². The van der Waals surface area contributed by atoms with Crippen molar-refractivity contribution < 1.29 is 23.9 Å². The van der Waals surface area contributed by atoms with Crippen molar-refractivity contribution in [2.24, 2.45) is 0 Å². The third-order valence-corrected chi connectivity index (χ3v) is 4.20. The van der Waals surface area contributed by atoms with Crippen LogP contribution in [-0.4, -0.2) is 42.5 Å². The van der Waals surface area contributed by atoms with Crippen molar-refractivity contribution in [1.29, 1.82) is 0 Å². The van der Waals surface area contributed by atoms with E-state index in [0.29, 0.717) is 17.0 Å². The molecule has 7 heteroatoms. The van der Waals surface area contributed by atoms with Gasteiger partial charge in [-0.05, 0) is 31.0 Å². The molecule has 24 heavy (non-hydrogen) atoms. The summed E-state index contributed by atoms with van der Waals surface area (Å²) in [5.41, 5.74) is 0.680. The molecule has 0 aliphatic carbocycles. The molecule has 6 nitrogen and oxygen atoms in total. The summed E-state index contributed by atoms with van der Waals surface area (Å²) in [4.78, 5) is 37.8. The molecule has 0 bridgehead atoms. The fraction of sp³-hybridized carbons (Fsp3) is 0.471. The van der Waals surface area contributed by atoms with Gasteiger partial charge in [-0.15, -0.1) is 0 Å². The molecule has 1 aromatic carbocycles. The molecular weight excluding hydrogens is 334 g/mol. The Morgan fingerprint density at radius 2 is 2.17 bits per heavy atom. The van der Waals surface area contributed by atoms with Gasteiger partial charge in [0.05, 0.1) is 26.2 Å². The van der Waals surface area contributed by atoms with Gasteiger partial charge in [0.15, 0.2) is 0 Å². The predicted molar refractivity (Wildman–Crippen MR) is 87.3 cm³/mol. The van der Waals surface area contributed by atoms with E-state index in [0.717, 1.165) is 0 Å². The fourth-order valence-corrected chi connectivity index (χ4v) is 3.13. The molecule has 1 aliphatic heterocycles. The summed E-state index contributed by atoms with van der Waals surface area (Å²) in [5, 5.41) is 0.489. The van der Waals surface area contributed by atoms with Crippen LogP contribution in [0.4, 0.5) is 0 Å².